The van der Waals surface area contributed by atoms with Gasteiger partial charge in [-0.05, 0) is 33.1 Å². The monoisotopic (exact) mass is 1260 g/mol. The van der Waals surface area contributed by atoms with E-state index in [1.165, 1.54) is 19.1 Å². The summed E-state index contributed by atoms with van der Waals surface area (Å²) in [6, 6.07) is -1.47. The molecule has 0 saturated carbocycles. The van der Waals surface area contributed by atoms with Crippen LogP contribution in [0.1, 0.15) is 79.1 Å². The van der Waals surface area contributed by atoms with Gasteiger partial charge in [0, 0.05) is 37.5 Å². The van der Waals surface area contributed by atoms with Crippen molar-refractivity contribution in [3.8, 4) is 0 Å². The Hall–Kier alpha value is -3.84. The first kappa shape index (κ1) is 74.9. The zero-order valence-corrected chi connectivity index (χ0v) is 50.1. The predicted molar refractivity (Wildman–Crippen MR) is 307 cm³/mol. The Labute approximate surface area is 511 Å². The molecule has 0 spiro atoms. The molecule has 0 aromatic carbocycles. The number of carbonyl (C=O) groups excluding carboxylic acids is 2. The summed E-state index contributed by atoms with van der Waals surface area (Å²) >= 11 is 0. The number of esters is 2. The minimum absolute atomic E-state index is 0.155. The molecule has 28 heteroatoms. The molecule has 18 N–H and O–H groups in total. The molecule has 28 atom stereocenters. The van der Waals surface area contributed by atoms with E-state index in [0.29, 0.717) is 0 Å². The van der Waals surface area contributed by atoms with Gasteiger partial charge < -0.3 is 130 Å². The summed E-state index contributed by atoms with van der Waals surface area (Å²) in [4.78, 5) is 26.1. The minimum Gasteiger partial charge on any atom is -0.469 e. The number of ether oxygens (including phenoxy) is 8. The molecule has 4 fully saturated rings. The number of nitrogens with one attached hydrogen (secondary N) is 1. The van der Waals surface area contributed by atoms with Gasteiger partial charge in [-0.25, -0.2) is 0 Å². The average Bonchev–Trinajstić information content (AvgIpc) is 1.79. The van der Waals surface area contributed by atoms with Gasteiger partial charge in [-0.15, -0.1) is 0 Å². The van der Waals surface area contributed by atoms with Gasteiger partial charge in [0.15, 0.2) is 18.4 Å². The molecular formula is C60H95NO27. The van der Waals surface area contributed by atoms with Crippen molar-refractivity contribution < 1.29 is 134 Å². The summed E-state index contributed by atoms with van der Waals surface area (Å²) in [5, 5.41) is 189. The van der Waals surface area contributed by atoms with Gasteiger partial charge in [-0.3, -0.25) is 9.59 Å². The van der Waals surface area contributed by atoms with Crippen LogP contribution in [-0.2, 0) is 47.5 Å². The quantitative estimate of drug-likeness (QED) is 0.0980. The molecule has 502 valence electrons. The van der Waals surface area contributed by atoms with Gasteiger partial charge in [0.1, 0.15) is 60.9 Å². The second-order valence-electron chi connectivity index (χ2n) is 23.5. The SMILES string of the molecule is COC(=O)C1C2C[C@@H](OC3O[C@H](C)[C@@H](O)[C@H](NC[C@@]4(O)OC[C@@H](O)[C@@H](O[C@H]5O[C@H](CO)[C@@H](O)[C@H](O)[C@H]5O)[C@@H]4O)[C@@H]3O)/C=C/C=C/C=C/C=C/C=C/C=C/C=C/[C@H](C)[C@@H](O)[C@@H](C)[C@H](C)OC(=O)C[C@H](O)C[C@H](O)CC[C@@H](O)[C@H](O)C[C@H](O)C[C@](O)(C[C@@H]1O)O2. The van der Waals surface area contributed by atoms with Crippen molar-refractivity contribution in [2.24, 2.45) is 17.8 Å². The van der Waals surface area contributed by atoms with E-state index in [2.05, 4.69) is 5.32 Å². The number of rotatable bonds is 9. The number of fused-ring (bicyclic) bond motifs is 2. The van der Waals surface area contributed by atoms with Gasteiger partial charge in [0.2, 0.25) is 5.79 Å². The largest absolute Gasteiger partial charge is 0.469 e. The summed E-state index contributed by atoms with van der Waals surface area (Å²) in [6.45, 7) is 4.26. The zero-order valence-electron chi connectivity index (χ0n) is 50.1. The fourth-order valence-electron chi connectivity index (χ4n) is 11.1. The second-order valence-corrected chi connectivity index (χ2v) is 23.5. The molecule has 5 rings (SSSR count). The highest BCUT2D eigenvalue weighted by molar-refractivity contribution is 5.74. The van der Waals surface area contributed by atoms with Crippen molar-refractivity contribution in [1.82, 2.24) is 5.32 Å². The zero-order chi connectivity index (χ0) is 65.2. The number of methoxy groups -OCH3 is 1. The van der Waals surface area contributed by atoms with Gasteiger partial charge in [0.25, 0.3) is 0 Å². The molecular weight excluding hydrogens is 1170 g/mol. The molecule has 5 aliphatic heterocycles. The Morgan fingerprint density at radius 1 is 0.614 bits per heavy atom. The van der Waals surface area contributed by atoms with Crippen molar-refractivity contribution in [1.29, 1.82) is 0 Å². The smallest absolute Gasteiger partial charge is 0.313 e. The van der Waals surface area contributed by atoms with E-state index >= 15 is 0 Å². The van der Waals surface area contributed by atoms with E-state index in [9.17, 15) is 96.4 Å². The molecule has 0 radical (unpaired) electrons. The molecule has 5 aliphatic rings. The van der Waals surface area contributed by atoms with Crippen molar-refractivity contribution in [3.05, 3.63) is 85.1 Å². The highest BCUT2D eigenvalue weighted by Crippen LogP contribution is 2.39. The maximum absolute atomic E-state index is 13.4. The minimum atomic E-state index is -2.67. The lowest BCUT2D eigenvalue weighted by atomic mass is 9.82. The van der Waals surface area contributed by atoms with E-state index < -0.39 is 228 Å². The molecule has 2 bridgehead atoms. The van der Waals surface area contributed by atoms with Crippen LogP contribution in [0.15, 0.2) is 85.1 Å². The lowest BCUT2D eigenvalue weighted by molar-refractivity contribution is -0.368. The Kier molecular flexibility index (Phi) is 30.0. The highest BCUT2D eigenvalue weighted by atomic mass is 16.7. The molecule has 4 saturated heterocycles. The summed E-state index contributed by atoms with van der Waals surface area (Å²) in [5.41, 5.74) is 0. The highest BCUT2D eigenvalue weighted by Gasteiger charge is 2.55. The van der Waals surface area contributed by atoms with Crippen LogP contribution < -0.4 is 5.32 Å². The fraction of sp³-hybridized carbons (Fsp3) is 0.733. The van der Waals surface area contributed by atoms with Crippen LogP contribution >= 0.6 is 0 Å². The van der Waals surface area contributed by atoms with Crippen LogP contribution in [0.25, 0.3) is 0 Å². The molecule has 88 heavy (non-hydrogen) atoms. The van der Waals surface area contributed by atoms with Crippen molar-refractivity contribution >= 4 is 11.9 Å². The van der Waals surface area contributed by atoms with Crippen molar-refractivity contribution in [2.75, 3.05) is 26.9 Å². The summed E-state index contributed by atoms with van der Waals surface area (Å²) < 4.78 is 45.3. The summed E-state index contributed by atoms with van der Waals surface area (Å²) in [5.74, 6) is -9.14. The van der Waals surface area contributed by atoms with E-state index in [1.807, 2.05) is 6.92 Å². The van der Waals surface area contributed by atoms with Gasteiger partial charge in [-0.1, -0.05) is 98.9 Å². The molecule has 5 heterocycles. The topological polar surface area (TPSA) is 464 Å². The van der Waals surface area contributed by atoms with E-state index in [4.69, 9.17) is 37.9 Å². The number of hydrogen-bond acceptors (Lipinski definition) is 28. The molecule has 0 amide bonds. The third-order valence-electron chi connectivity index (χ3n) is 16.5. The Balaban J connectivity index is 1.38. The lowest BCUT2D eigenvalue weighted by Crippen LogP contribution is -2.70. The number of carbonyl (C=O) groups is 2. The average molecular weight is 1260 g/mol. The molecule has 0 aliphatic carbocycles. The van der Waals surface area contributed by atoms with Crippen molar-refractivity contribution in [3.63, 3.8) is 0 Å². The number of hydrogen-bond donors (Lipinski definition) is 18. The normalized spacial score (nSPS) is 47.3. The van der Waals surface area contributed by atoms with Crippen LogP contribution in [0.2, 0.25) is 0 Å². The Morgan fingerprint density at radius 3 is 1.83 bits per heavy atom. The molecule has 28 nitrogen and oxygen atoms in total. The summed E-state index contributed by atoms with van der Waals surface area (Å²) in [6.07, 6.45) is -14.0. The van der Waals surface area contributed by atoms with Crippen LogP contribution in [0, 0.1) is 17.8 Å². The second kappa shape index (κ2) is 35.3. The number of aliphatic hydroxyl groups excluding tert-OH is 15. The number of aliphatic hydroxyl groups is 17. The summed E-state index contributed by atoms with van der Waals surface area (Å²) in [7, 11) is 1.06. The third kappa shape index (κ3) is 21.4. The van der Waals surface area contributed by atoms with Crippen LogP contribution in [0.5, 0.6) is 0 Å². The number of cyclic esters (lactones) is 1. The van der Waals surface area contributed by atoms with Crippen molar-refractivity contribution in [2.45, 2.75) is 231 Å². The molecule has 3 unspecified atom stereocenters. The lowest BCUT2D eigenvalue weighted by Gasteiger charge is -2.48. The van der Waals surface area contributed by atoms with E-state index in [1.54, 1.807) is 86.8 Å². The molecule has 0 aromatic heterocycles. The van der Waals surface area contributed by atoms with Gasteiger partial charge in [0.05, 0.1) is 106 Å². The first-order valence-corrected chi connectivity index (χ1v) is 29.7. The van der Waals surface area contributed by atoms with Crippen LogP contribution in [0.3, 0.4) is 0 Å². The first-order valence-electron chi connectivity index (χ1n) is 29.7. The standard InChI is InChI=1S/C60H95NO27/c1-31-18-16-14-12-10-8-6-7-9-11-13-15-17-19-38(85-57-51(74)47(49(72)34(4)84-57)61-30-60(80)55(77)54(42(69)29-82-60)87-58-53(76)52(75)50(73)44(28-62)86-58)25-43-46(56(78)81-5)41(68)27-59(79,88-43)26-37(65)23-40(67)39(66)21-20-35(63)22-36(64)24-45(70)83-33(3)32(2)48(31)71/h6-19,31-44,46-55,57-58,61-69,71-77,79-80H,20-30H2,1-5H3/b7-6+,10-8+,11-9+,14-12+,15-13+,18-16+,19-17+/t31-,32-,33-,34+,35+,36+,37-,38-,39+,40+,41-,42+,43?,44+,46?,47-,48+,49+,50+,51-,52-,53+,54+,55-,57?,58+,59+,60+/m0/s1. The Bertz CT molecular complexity index is 2340. The maximum Gasteiger partial charge on any atom is 0.313 e. The maximum atomic E-state index is 13.4. The van der Waals surface area contributed by atoms with E-state index in [-0.39, 0.29) is 25.2 Å². The van der Waals surface area contributed by atoms with Gasteiger partial charge >= 0.3 is 11.9 Å². The number of allylic oxidation sites excluding steroid dienone is 12. The van der Waals surface area contributed by atoms with E-state index in [0.717, 1.165) is 7.11 Å². The Morgan fingerprint density at radius 2 is 1.22 bits per heavy atom. The van der Waals surface area contributed by atoms with Crippen LogP contribution in [-0.4, -0.2) is 278 Å². The third-order valence-corrected chi connectivity index (χ3v) is 16.5. The van der Waals surface area contributed by atoms with Crippen LogP contribution in [0.4, 0.5) is 0 Å². The van der Waals surface area contributed by atoms with Gasteiger partial charge in [-0.2, -0.15) is 0 Å². The predicted octanol–water partition coefficient (Wildman–Crippen LogP) is -3.94. The molecule has 0 aromatic rings. The fourth-order valence-corrected chi connectivity index (χ4v) is 11.1. The first-order chi connectivity index (χ1) is 41.5.